The van der Waals surface area contributed by atoms with Gasteiger partial charge in [-0.25, -0.2) is 0 Å². The first-order valence-electron chi connectivity index (χ1n) is 4.50. The molecule has 1 aromatic carbocycles. The molecule has 0 bridgehead atoms. The van der Waals surface area contributed by atoms with Crippen molar-refractivity contribution in [2.75, 3.05) is 19.9 Å². The number of hydrogen-bond donors (Lipinski definition) is 0. The van der Waals surface area contributed by atoms with Crippen molar-refractivity contribution >= 4 is 29.1 Å². The second-order valence-electron chi connectivity index (χ2n) is 3.23. The maximum atomic E-state index is 11.9. The summed E-state index contributed by atoms with van der Waals surface area (Å²) in [5, 5.41) is 0.897. The third kappa shape index (κ3) is 2.25. The Hall–Kier alpha value is -0.770. The molecule has 1 aliphatic rings. The molecule has 1 fully saturated rings. The molecule has 15 heavy (non-hydrogen) atoms. The molecule has 0 atom stereocenters. The summed E-state index contributed by atoms with van der Waals surface area (Å²) >= 11 is 11.7. The van der Waals surface area contributed by atoms with Gasteiger partial charge in [0.2, 0.25) is 0 Å². The highest BCUT2D eigenvalue weighted by atomic mass is 35.5. The summed E-state index contributed by atoms with van der Waals surface area (Å²) in [7, 11) is 0. The van der Waals surface area contributed by atoms with Crippen LogP contribution in [0.1, 0.15) is 10.4 Å². The van der Waals surface area contributed by atoms with E-state index in [1.54, 1.807) is 23.1 Å². The average Bonchev–Trinajstić information content (AvgIpc) is 2.69. The lowest BCUT2D eigenvalue weighted by Gasteiger charge is -2.14. The number of hydrogen-bond acceptors (Lipinski definition) is 2. The minimum atomic E-state index is -0.117. The zero-order chi connectivity index (χ0) is 10.8. The number of ether oxygens (including phenoxy) is 1. The minimum Gasteiger partial charge on any atom is -0.359 e. The molecule has 1 amide bonds. The molecular weight excluding hydrogens is 237 g/mol. The fraction of sp³-hybridized carbons (Fsp3) is 0.300. The van der Waals surface area contributed by atoms with E-state index < -0.39 is 0 Å². The van der Waals surface area contributed by atoms with Crippen molar-refractivity contribution in [1.29, 1.82) is 0 Å². The van der Waals surface area contributed by atoms with E-state index in [1.165, 1.54) is 0 Å². The molecule has 3 nitrogen and oxygen atoms in total. The summed E-state index contributed by atoms with van der Waals surface area (Å²) in [6.45, 7) is 1.52. The van der Waals surface area contributed by atoms with Gasteiger partial charge in [-0.2, -0.15) is 0 Å². The van der Waals surface area contributed by atoms with Gasteiger partial charge in [0.25, 0.3) is 5.91 Å². The lowest BCUT2D eigenvalue weighted by molar-refractivity contribution is 0.0695. The van der Waals surface area contributed by atoms with Crippen molar-refractivity contribution in [3.63, 3.8) is 0 Å². The zero-order valence-electron chi connectivity index (χ0n) is 7.87. The second-order valence-corrected chi connectivity index (χ2v) is 4.07. The lowest BCUT2D eigenvalue weighted by atomic mass is 10.2. The van der Waals surface area contributed by atoms with Crippen LogP contribution >= 0.6 is 23.2 Å². The van der Waals surface area contributed by atoms with Gasteiger partial charge < -0.3 is 9.64 Å². The third-order valence-electron chi connectivity index (χ3n) is 2.20. The minimum absolute atomic E-state index is 0.117. The van der Waals surface area contributed by atoms with Crippen molar-refractivity contribution < 1.29 is 9.53 Å². The summed E-state index contributed by atoms with van der Waals surface area (Å²) in [5.74, 6) is -0.117. The van der Waals surface area contributed by atoms with Gasteiger partial charge in [0.05, 0.1) is 17.2 Å². The second kappa shape index (κ2) is 4.39. The van der Waals surface area contributed by atoms with Crippen molar-refractivity contribution in [2.45, 2.75) is 0 Å². The Bertz CT molecular complexity index is 389. The van der Waals surface area contributed by atoms with E-state index in [4.69, 9.17) is 27.9 Å². The quantitative estimate of drug-likeness (QED) is 0.761. The van der Waals surface area contributed by atoms with Crippen molar-refractivity contribution in [3.8, 4) is 0 Å². The van der Waals surface area contributed by atoms with E-state index >= 15 is 0 Å². The molecule has 2 rings (SSSR count). The van der Waals surface area contributed by atoms with E-state index in [2.05, 4.69) is 0 Å². The van der Waals surface area contributed by atoms with Crippen molar-refractivity contribution in [3.05, 3.63) is 33.8 Å². The predicted molar refractivity (Wildman–Crippen MR) is 58.3 cm³/mol. The predicted octanol–water partition coefficient (Wildman–Crippen LogP) is 2.42. The molecule has 0 spiro atoms. The van der Waals surface area contributed by atoms with Crippen LogP contribution in [0.2, 0.25) is 10.0 Å². The normalized spacial score (nSPS) is 15.7. The fourth-order valence-electron chi connectivity index (χ4n) is 1.41. The highest BCUT2D eigenvalue weighted by Gasteiger charge is 2.21. The van der Waals surface area contributed by atoms with Crippen molar-refractivity contribution in [1.82, 2.24) is 4.90 Å². The van der Waals surface area contributed by atoms with Gasteiger partial charge in [0.1, 0.15) is 6.73 Å². The molecule has 0 saturated carbocycles. The molecule has 0 unspecified atom stereocenters. The zero-order valence-corrected chi connectivity index (χ0v) is 9.38. The topological polar surface area (TPSA) is 29.5 Å². The fourth-order valence-corrected chi connectivity index (χ4v) is 1.90. The first-order chi connectivity index (χ1) is 7.18. The van der Waals surface area contributed by atoms with Crippen LogP contribution in [0.4, 0.5) is 0 Å². The van der Waals surface area contributed by atoms with E-state index in [-0.39, 0.29) is 5.91 Å². The summed E-state index contributed by atoms with van der Waals surface area (Å²) in [5.41, 5.74) is 0.464. The molecular formula is C10H9Cl2NO2. The average molecular weight is 246 g/mol. The van der Waals surface area contributed by atoms with Crippen LogP contribution in [0.25, 0.3) is 0 Å². The van der Waals surface area contributed by atoms with Crippen LogP contribution in [0.15, 0.2) is 18.2 Å². The van der Waals surface area contributed by atoms with E-state index in [9.17, 15) is 4.79 Å². The Kier molecular flexibility index (Phi) is 3.14. The maximum Gasteiger partial charge on any atom is 0.257 e. The first kappa shape index (κ1) is 10.7. The van der Waals surface area contributed by atoms with E-state index in [0.29, 0.717) is 35.5 Å². The number of carbonyl (C=O) groups is 1. The number of halogens is 2. The van der Waals surface area contributed by atoms with Gasteiger partial charge in [-0.15, -0.1) is 0 Å². The maximum absolute atomic E-state index is 11.9. The lowest BCUT2D eigenvalue weighted by Crippen LogP contribution is -2.28. The van der Waals surface area contributed by atoms with Gasteiger partial charge in [-0.05, 0) is 18.2 Å². The van der Waals surface area contributed by atoms with Crippen LogP contribution in [-0.4, -0.2) is 30.7 Å². The number of nitrogens with zero attached hydrogens (tertiary/aromatic N) is 1. The summed E-state index contributed by atoms with van der Waals surface area (Å²) in [4.78, 5) is 13.5. The Morgan fingerprint density at radius 2 is 2.20 bits per heavy atom. The monoisotopic (exact) mass is 245 g/mol. The number of amides is 1. The summed E-state index contributed by atoms with van der Waals surface area (Å²) in [6, 6.07) is 4.84. The van der Waals surface area contributed by atoms with Gasteiger partial charge in [-0.3, -0.25) is 4.79 Å². The SMILES string of the molecule is O=C(c1ccc(Cl)cc1Cl)N1CCOC1. The van der Waals surface area contributed by atoms with Gasteiger partial charge in [-0.1, -0.05) is 23.2 Å². The van der Waals surface area contributed by atoms with Crippen LogP contribution in [0.3, 0.4) is 0 Å². The van der Waals surface area contributed by atoms with E-state index in [1.807, 2.05) is 0 Å². The van der Waals surface area contributed by atoms with Crippen LogP contribution in [0.5, 0.6) is 0 Å². The molecule has 1 saturated heterocycles. The molecule has 1 aromatic rings. The van der Waals surface area contributed by atoms with Gasteiger partial charge in [0, 0.05) is 11.6 Å². The molecule has 1 heterocycles. The Morgan fingerprint density at radius 3 is 2.80 bits per heavy atom. The molecule has 80 valence electrons. The van der Waals surface area contributed by atoms with Crippen LogP contribution < -0.4 is 0 Å². The van der Waals surface area contributed by atoms with Crippen molar-refractivity contribution in [2.24, 2.45) is 0 Å². The third-order valence-corrected chi connectivity index (χ3v) is 2.75. The smallest absolute Gasteiger partial charge is 0.257 e. The summed E-state index contributed by atoms with van der Waals surface area (Å²) in [6.07, 6.45) is 0. The number of carbonyl (C=O) groups excluding carboxylic acids is 1. The highest BCUT2D eigenvalue weighted by molar-refractivity contribution is 6.36. The first-order valence-corrected chi connectivity index (χ1v) is 5.26. The van der Waals surface area contributed by atoms with Crippen LogP contribution in [0, 0.1) is 0 Å². The molecule has 0 N–H and O–H groups in total. The molecule has 0 aromatic heterocycles. The summed E-state index contributed by atoms with van der Waals surface area (Å²) < 4.78 is 5.10. The molecule has 0 aliphatic carbocycles. The Balaban J connectivity index is 2.24. The largest absolute Gasteiger partial charge is 0.359 e. The molecule has 1 aliphatic heterocycles. The molecule has 5 heteroatoms. The number of rotatable bonds is 1. The van der Waals surface area contributed by atoms with Gasteiger partial charge >= 0.3 is 0 Å². The van der Waals surface area contributed by atoms with Crippen LogP contribution in [-0.2, 0) is 4.74 Å². The Labute approximate surface area is 97.5 Å². The Morgan fingerprint density at radius 1 is 1.40 bits per heavy atom. The molecule has 0 radical (unpaired) electrons. The van der Waals surface area contributed by atoms with E-state index in [0.717, 1.165) is 0 Å². The standard InChI is InChI=1S/C10H9Cl2NO2/c11-7-1-2-8(9(12)5-7)10(14)13-3-4-15-6-13/h1-2,5H,3-4,6H2. The van der Waals surface area contributed by atoms with Gasteiger partial charge in [0.15, 0.2) is 0 Å². The highest BCUT2D eigenvalue weighted by Crippen LogP contribution is 2.22. The number of benzene rings is 1.